The molecule has 4 nitrogen and oxygen atoms in total. The van der Waals surface area contributed by atoms with Gasteiger partial charge in [0.25, 0.3) is 0 Å². The van der Waals surface area contributed by atoms with Crippen LogP contribution in [0, 0.1) is 13.8 Å². The normalized spacial score (nSPS) is 9.93. The molecule has 14 heavy (non-hydrogen) atoms. The van der Waals surface area contributed by atoms with Crippen molar-refractivity contribution in [1.82, 2.24) is 15.6 Å². The van der Waals surface area contributed by atoms with E-state index in [2.05, 4.69) is 15.6 Å². The van der Waals surface area contributed by atoms with Gasteiger partial charge in [0.05, 0.1) is 12.2 Å². The predicted molar refractivity (Wildman–Crippen MR) is 59.1 cm³/mol. The molecule has 1 rings (SSSR count). The van der Waals surface area contributed by atoms with Crippen molar-refractivity contribution < 1.29 is 4.42 Å². The van der Waals surface area contributed by atoms with Gasteiger partial charge in [0.2, 0.25) is 0 Å². The first-order valence-corrected chi connectivity index (χ1v) is 4.99. The van der Waals surface area contributed by atoms with Gasteiger partial charge in [-0.15, -0.1) is 0 Å². The molecule has 0 aliphatic heterocycles. The molecule has 0 saturated carbocycles. The summed E-state index contributed by atoms with van der Waals surface area (Å²) >= 11 is 5.02. The molecule has 2 N–H and O–H groups in total. The highest BCUT2D eigenvalue weighted by molar-refractivity contribution is 7.80. The van der Waals surface area contributed by atoms with Crippen LogP contribution in [0.4, 0.5) is 0 Å². The van der Waals surface area contributed by atoms with Crippen molar-refractivity contribution in [3.63, 3.8) is 0 Å². The Labute approximate surface area is 89.1 Å². The molecule has 0 amide bonds. The zero-order chi connectivity index (χ0) is 10.6. The molecule has 1 heterocycles. The molecule has 0 spiro atoms. The van der Waals surface area contributed by atoms with E-state index < -0.39 is 0 Å². The summed E-state index contributed by atoms with van der Waals surface area (Å²) in [5, 5.41) is 6.68. The minimum atomic E-state index is 0.582. The van der Waals surface area contributed by atoms with Crippen LogP contribution in [0.25, 0.3) is 0 Å². The lowest BCUT2D eigenvalue weighted by Crippen LogP contribution is -2.34. The first-order chi connectivity index (χ1) is 6.63. The van der Waals surface area contributed by atoms with Crippen LogP contribution < -0.4 is 10.6 Å². The van der Waals surface area contributed by atoms with Crippen LogP contribution in [0.15, 0.2) is 4.42 Å². The number of thiocarbonyl (C=S) groups is 1. The van der Waals surface area contributed by atoms with E-state index in [4.69, 9.17) is 16.6 Å². The Kier molecular flexibility index (Phi) is 3.88. The molecule has 0 radical (unpaired) electrons. The van der Waals surface area contributed by atoms with Crippen molar-refractivity contribution >= 4 is 17.3 Å². The maximum absolute atomic E-state index is 5.38. The van der Waals surface area contributed by atoms with Crippen LogP contribution in [-0.2, 0) is 6.54 Å². The van der Waals surface area contributed by atoms with E-state index in [1.165, 1.54) is 0 Å². The van der Waals surface area contributed by atoms with Gasteiger partial charge in [-0.1, -0.05) is 0 Å². The van der Waals surface area contributed by atoms with E-state index in [1.807, 2.05) is 20.8 Å². The summed E-state index contributed by atoms with van der Waals surface area (Å²) in [6.07, 6.45) is 0. The average Bonchev–Trinajstić information content (AvgIpc) is 2.42. The highest BCUT2D eigenvalue weighted by atomic mass is 32.1. The van der Waals surface area contributed by atoms with Gasteiger partial charge in [-0.2, -0.15) is 0 Å². The van der Waals surface area contributed by atoms with Gasteiger partial charge in [-0.25, -0.2) is 4.98 Å². The lowest BCUT2D eigenvalue weighted by atomic mass is 10.4. The van der Waals surface area contributed by atoms with Crippen molar-refractivity contribution in [2.24, 2.45) is 0 Å². The molecular weight excluding hydrogens is 198 g/mol. The quantitative estimate of drug-likeness (QED) is 0.741. The SMILES string of the molecule is CCNC(=S)NCc1oc(C)nc1C. The smallest absolute Gasteiger partial charge is 0.191 e. The van der Waals surface area contributed by atoms with Gasteiger partial charge in [-0.3, -0.25) is 0 Å². The summed E-state index contributed by atoms with van der Waals surface area (Å²) in [4.78, 5) is 4.16. The first kappa shape index (κ1) is 11.0. The number of nitrogens with one attached hydrogen (secondary N) is 2. The van der Waals surface area contributed by atoms with Crippen LogP contribution in [0.2, 0.25) is 0 Å². The van der Waals surface area contributed by atoms with Crippen molar-refractivity contribution in [2.75, 3.05) is 6.54 Å². The van der Waals surface area contributed by atoms with Crippen LogP contribution in [0.1, 0.15) is 24.3 Å². The Morgan fingerprint density at radius 3 is 2.64 bits per heavy atom. The van der Waals surface area contributed by atoms with Crippen LogP contribution in [-0.4, -0.2) is 16.6 Å². The van der Waals surface area contributed by atoms with Crippen molar-refractivity contribution in [1.29, 1.82) is 0 Å². The van der Waals surface area contributed by atoms with E-state index in [1.54, 1.807) is 0 Å². The van der Waals surface area contributed by atoms with E-state index in [9.17, 15) is 0 Å². The Morgan fingerprint density at radius 1 is 1.43 bits per heavy atom. The standard InChI is InChI=1S/C9H15N3OS/c1-4-10-9(14)11-5-8-6(2)12-7(3)13-8/h4-5H2,1-3H3,(H2,10,11,14). The lowest BCUT2D eigenvalue weighted by molar-refractivity contribution is 0.468. The van der Waals surface area contributed by atoms with E-state index >= 15 is 0 Å². The molecule has 0 bridgehead atoms. The second-order valence-electron chi connectivity index (χ2n) is 2.95. The molecule has 0 unspecified atom stereocenters. The maximum atomic E-state index is 5.38. The summed E-state index contributed by atoms with van der Waals surface area (Å²) < 4.78 is 5.38. The Balaban J connectivity index is 2.45. The molecule has 0 saturated heterocycles. The third kappa shape index (κ3) is 2.99. The van der Waals surface area contributed by atoms with Gasteiger partial charge in [0.15, 0.2) is 11.0 Å². The van der Waals surface area contributed by atoms with E-state index in [0.717, 1.165) is 18.0 Å². The third-order valence-electron chi connectivity index (χ3n) is 1.75. The Hall–Kier alpha value is -1.10. The maximum Gasteiger partial charge on any atom is 0.191 e. The van der Waals surface area contributed by atoms with Gasteiger partial charge in [0, 0.05) is 13.5 Å². The molecule has 0 fully saturated rings. The number of aromatic nitrogens is 1. The summed E-state index contributed by atoms with van der Waals surface area (Å²) in [6, 6.07) is 0. The zero-order valence-corrected chi connectivity index (χ0v) is 9.49. The zero-order valence-electron chi connectivity index (χ0n) is 8.68. The second kappa shape index (κ2) is 4.95. The molecule has 78 valence electrons. The topological polar surface area (TPSA) is 50.1 Å². The lowest BCUT2D eigenvalue weighted by Gasteiger charge is -2.06. The fourth-order valence-corrected chi connectivity index (χ4v) is 1.34. The molecular formula is C9H15N3OS. The predicted octanol–water partition coefficient (Wildman–Crippen LogP) is 1.28. The third-order valence-corrected chi connectivity index (χ3v) is 2.04. The van der Waals surface area contributed by atoms with Gasteiger partial charge in [0.1, 0.15) is 5.76 Å². The highest BCUT2D eigenvalue weighted by Gasteiger charge is 2.06. The number of oxazole rings is 1. The average molecular weight is 213 g/mol. The number of rotatable bonds is 3. The molecule has 0 aromatic carbocycles. The number of aryl methyl sites for hydroxylation is 2. The highest BCUT2D eigenvalue weighted by Crippen LogP contribution is 2.08. The summed E-state index contributed by atoms with van der Waals surface area (Å²) in [5.74, 6) is 1.52. The molecule has 0 atom stereocenters. The van der Waals surface area contributed by atoms with E-state index in [-0.39, 0.29) is 0 Å². The largest absolute Gasteiger partial charge is 0.444 e. The minimum Gasteiger partial charge on any atom is -0.444 e. The monoisotopic (exact) mass is 213 g/mol. The number of hydrogen-bond acceptors (Lipinski definition) is 3. The number of hydrogen-bond donors (Lipinski definition) is 2. The summed E-state index contributed by atoms with van der Waals surface area (Å²) in [7, 11) is 0. The minimum absolute atomic E-state index is 0.582. The van der Waals surface area contributed by atoms with Gasteiger partial charge < -0.3 is 15.1 Å². The molecule has 0 aliphatic carbocycles. The summed E-state index contributed by atoms with van der Waals surface area (Å²) in [6.45, 7) is 7.15. The number of nitrogens with zero attached hydrogens (tertiary/aromatic N) is 1. The van der Waals surface area contributed by atoms with Crippen LogP contribution >= 0.6 is 12.2 Å². The van der Waals surface area contributed by atoms with E-state index in [0.29, 0.717) is 17.5 Å². The van der Waals surface area contributed by atoms with Crippen molar-refractivity contribution in [3.05, 3.63) is 17.3 Å². The molecule has 5 heteroatoms. The second-order valence-corrected chi connectivity index (χ2v) is 3.36. The molecule has 1 aromatic heterocycles. The Morgan fingerprint density at radius 2 is 2.14 bits per heavy atom. The fraction of sp³-hybridized carbons (Fsp3) is 0.556. The van der Waals surface area contributed by atoms with Gasteiger partial charge in [-0.05, 0) is 26.1 Å². The van der Waals surface area contributed by atoms with Crippen molar-refractivity contribution in [3.8, 4) is 0 Å². The molecule has 1 aromatic rings. The summed E-state index contributed by atoms with van der Waals surface area (Å²) in [5.41, 5.74) is 0.911. The first-order valence-electron chi connectivity index (χ1n) is 4.58. The van der Waals surface area contributed by atoms with Gasteiger partial charge >= 0.3 is 0 Å². The van der Waals surface area contributed by atoms with Crippen LogP contribution in [0.3, 0.4) is 0 Å². The Bertz CT molecular complexity index is 322. The van der Waals surface area contributed by atoms with Crippen molar-refractivity contribution in [2.45, 2.75) is 27.3 Å². The molecule has 0 aliphatic rings. The van der Waals surface area contributed by atoms with Crippen LogP contribution in [0.5, 0.6) is 0 Å². The fourth-order valence-electron chi connectivity index (χ4n) is 1.12.